The highest BCUT2D eigenvalue weighted by atomic mass is 15.0. The first-order chi connectivity index (χ1) is 6.68. The Balaban J connectivity index is 1.72. The standard InChI is InChI=1S/C11H19N3/c1-9-13-7-10(14-9)6-12-8-11(2)4-3-5-11/h7,12H,3-6,8H2,1-2H3,(H,13,14). The molecule has 1 aromatic heterocycles. The number of imidazole rings is 1. The highest BCUT2D eigenvalue weighted by Gasteiger charge is 2.30. The normalized spacial score (nSPS) is 19.3. The summed E-state index contributed by atoms with van der Waals surface area (Å²) in [4.78, 5) is 7.39. The van der Waals surface area contributed by atoms with Crippen LogP contribution in [0.2, 0.25) is 0 Å². The Morgan fingerprint density at radius 2 is 2.36 bits per heavy atom. The van der Waals surface area contributed by atoms with Crippen LogP contribution in [0.3, 0.4) is 0 Å². The van der Waals surface area contributed by atoms with E-state index in [1.54, 1.807) is 0 Å². The second-order valence-electron chi connectivity index (χ2n) is 4.76. The van der Waals surface area contributed by atoms with Crippen molar-refractivity contribution in [1.82, 2.24) is 15.3 Å². The minimum Gasteiger partial charge on any atom is -0.345 e. The van der Waals surface area contributed by atoms with Crippen molar-refractivity contribution < 1.29 is 0 Å². The fourth-order valence-electron chi connectivity index (χ4n) is 2.02. The van der Waals surface area contributed by atoms with E-state index in [0.29, 0.717) is 5.41 Å². The summed E-state index contributed by atoms with van der Waals surface area (Å²) in [6.45, 7) is 6.39. The number of hydrogen-bond acceptors (Lipinski definition) is 2. The number of aromatic amines is 1. The number of hydrogen-bond donors (Lipinski definition) is 2. The van der Waals surface area contributed by atoms with Crippen molar-refractivity contribution >= 4 is 0 Å². The van der Waals surface area contributed by atoms with Gasteiger partial charge in [0.1, 0.15) is 5.82 Å². The lowest BCUT2D eigenvalue weighted by Gasteiger charge is -2.38. The molecule has 3 heteroatoms. The van der Waals surface area contributed by atoms with E-state index in [2.05, 4.69) is 22.2 Å². The summed E-state index contributed by atoms with van der Waals surface area (Å²) in [7, 11) is 0. The molecule has 1 aromatic rings. The van der Waals surface area contributed by atoms with Crippen molar-refractivity contribution in [2.75, 3.05) is 6.54 Å². The lowest BCUT2D eigenvalue weighted by atomic mass is 9.70. The van der Waals surface area contributed by atoms with E-state index in [1.807, 2.05) is 13.1 Å². The maximum absolute atomic E-state index is 4.17. The number of aryl methyl sites for hydroxylation is 1. The second kappa shape index (κ2) is 3.73. The van der Waals surface area contributed by atoms with Gasteiger partial charge in [0.2, 0.25) is 0 Å². The minimum atomic E-state index is 0.565. The topological polar surface area (TPSA) is 40.7 Å². The van der Waals surface area contributed by atoms with Crippen LogP contribution in [0.15, 0.2) is 6.20 Å². The van der Waals surface area contributed by atoms with Crippen LogP contribution in [-0.2, 0) is 6.54 Å². The Bertz CT molecular complexity index is 299. The second-order valence-corrected chi connectivity index (χ2v) is 4.76. The van der Waals surface area contributed by atoms with Gasteiger partial charge in [-0.15, -0.1) is 0 Å². The van der Waals surface area contributed by atoms with Crippen LogP contribution in [0.25, 0.3) is 0 Å². The SMILES string of the molecule is Cc1ncc(CNCC2(C)CCC2)[nH]1. The van der Waals surface area contributed by atoms with E-state index < -0.39 is 0 Å². The zero-order chi connectivity index (χ0) is 10.0. The van der Waals surface area contributed by atoms with Crippen LogP contribution in [0.1, 0.15) is 37.7 Å². The number of rotatable bonds is 4. The van der Waals surface area contributed by atoms with Gasteiger partial charge in [0.25, 0.3) is 0 Å². The molecule has 0 aliphatic heterocycles. The minimum absolute atomic E-state index is 0.565. The van der Waals surface area contributed by atoms with Crippen molar-refractivity contribution in [2.45, 2.75) is 39.7 Å². The fourth-order valence-corrected chi connectivity index (χ4v) is 2.02. The number of aromatic nitrogens is 2. The van der Waals surface area contributed by atoms with Gasteiger partial charge in [0.15, 0.2) is 0 Å². The molecule has 1 aliphatic carbocycles. The van der Waals surface area contributed by atoms with E-state index >= 15 is 0 Å². The molecule has 2 N–H and O–H groups in total. The van der Waals surface area contributed by atoms with Crippen molar-refractivity contribution in [3.8, 4) is 0 Å². The van der Waals surface area contributed by atoms with Gasteiger partial charge in [-0.3, -0.25) is 0 Å². The van der Waals surface area contributed by atoms with Gasteiger partial charge >= 0.3 is 0 Å². The third kappa shape index (κ3) is 2.15. The average Bonchev–Trinajstić information content (AvgIpc) is 2.49. The van der Waals surface area contributed by atoms with Crippen LogP contribution >= 0.6 is 0 Å². The first-order valence-corrected chi connectivity index (χ1v) is 5.39. The molecule has 0 atom stereocenters. The first kappa shape index (κ1) is 9.71. The van der Waals surface area contributed by atoms with Gasteiger partial charge < -0.3 is 10.3 Å². The van der Waals surface area contributed by atoms with Gasteiger partial charge in [-0.25, -0.2) is 4.98 Å². The lowest BCUT2D eigenvalue weighted by Crippen LogP contribution is -2.37. The van der Waals surface area contributed by atoms with Crippen LogP contribution in [0.4, 0.5) is 0 Å². The van der Waals surface area contributed by atoms with Crippen molar-refractivity contribution in [3.05, 3.63) is 17.7 Å². The molecular formula is C11H19N3. The van der Waals surface area contributed by atoms with E-state index in [4.69, 9.17) is 0 Å². The van der Waals surface area contributed by atoms with Crippen molar-refractivity contribution in [2.24, 2.45) is 5.41 Å². The molecule has 1 aliphatic rings. The number of nitrogens with one attached hydrogen (secondary N) is 2. The summed E-state index contributed by atoms with van der Waals surface area (Å²) in [6, 6.07) is 0. The third-order valence-corrected chi connectivity index (χ3v) is 3.18. The highest BCUT2D eigenvalue weighted by molar-refractivity contribution is 4.99. The molecule has 0 amide bonds. The summed E-state index contributed by atoms with van der Waals surface area (Å²) in [5.41, 5.74) is 1.75. The highest BCUT2D eigenvalue weighted by Crippen LogP contribution is 2.39. The average molecular weight is 193 g/mol. The van der Waals surface area contributed by atoms with E-state index in [0.717, 1.165) is 18.9 Å². The maximum atomic E-state index is 4.17. The summed E-state index contributed by atoms with van der Waals surface area (Å²) in [5.74, 6) is 0.997. The lowest BCUT2D eigenvalue weighted by molar-refractivity contribution is 0.156. The zero-order valence-corrected chi connectivity index (χ0v) is 9.06. The molecule has 0 spiro atoms. The molecule has 0 unspecified atom stereocenters. The van der Waals surface area contributed by atoms with E-state index in [9.17, 15) is 0 Å². The fraction of sp³-hybridized carbons (Fsp3) is 0.727. The van der Waals surface area contributed by atoms with Crippen LogP contribution in [0, 0.1) is 12.3 Å². The van der Waals surface area contributed by atoms with Crippen LogP contribution < -0.4 is 5.32 Å². The van der Waals surface area contributed by atoms with Crippen LogP contribution in [-0.4, -0.2) is 16.5 Å². The van der Waals surface area contributed by atoms with E-state index in [-0.39, 0.29) is 0 Å². The molecule has 0 saturated heterocycles. The smallest absolute Gasteiger partial charge is 0.103 e. The summed E-state index contributed by atoms with van der Waals surface area (Å²) < 4.78 is 0. The molecule has 1 saturated carbocycles. The van der Waals surface area contributed by atoms with Gasteiger partial charge in [0, 0.05) is 25.0 Å². The van der Waals surface area contributed by atoms with Crippen molar-refractivity contribution in [1.29, 1.82) is 0 Å². The molecular weight excluding hydrogens is 174 g/mol. The Morgan fingerprint density at radius 1 is 1.57 bits per heavy atom. The van der Waals surface area contributed by atoms with Gasteiger partial charge in [-0.1, -0.05) is 13.3 Å². The molecule has 14 heavy (non-hydrogen) atoms. The van der Waals surface area contributed by atoms with Gasteiger partial charge in [-0.2, -0.15) is 0 Å². The van der Waals surface area contributed by atoms with Crippen LogP contribution in [0.5, 0.6) is 0 Å². The zero-order valence-electron chi connectivity index (χ0n) is 9.06. The molecule has 3 nitrogen and oxygen atoms in total. The largest absolute Gasteiger partial charge is 0.345 e. The molecule has 0 bridgehead atoms. The predicted molar refractivity (Wildman–Crippen MR) is 57.0 cm³/mol. The molecule has 2 rings (SSSR count). The molecule has 1 heterocycles. The predicted octanol–water partition coefficient (Wildman–Crippen LogP) is 2.00. The molecule has 1 fully saturated rings. The number of H-pyrrole nitrogens is 1. The summed E-state index contributed by atoms with van der Waals surface area (Å²) in [6.07, 6.45) is 6.07. The Labute approximate surface area is 85.3 Å². The quantitative estimate of drug-likeness (QED) is 0.768. The Kier molecular flexibility index (Phi) is 2.59. The maximum Gasteiger partial charge on any atom is 0.103 e. The summed E-state index contributed by atoms with van der Waals surface area (Å²) >= 11 is 0. The van der Waals surface area contributed by atoms with Gasteiger partial charge in [-0.05, 0) is 25.2 Å². The third-order valence-electron chi connectivity index (χ3n) is 3.18. The Morgan fingerprint density at radius 3 is 2.86 bits per heavy atom. The van der Waals surface area contributed by atoms with Gasteiger partial charge in [0.05, 0.1) is 0 Å². The Hall–Kier alpha value is -0.830. The number of nitrogens with zero attached hydrogens (tertiary/aromatic N) is 1. The molecule has 78 valence electrons. The first-order valence-electron chi connectivity index (χ1n) is 5.39. The molecule has 0 radical (unpaired) electrons. The van der Waals surface area contributed by atoms with Crippen molar-refractivity contribution in [3.63, 3.8) is 0 Å². The molecule has 0 aromatic carbocycles. The monoisotopic (exact) mass is 193 g/mol. The van der Waals surface area contributed by atoms with E-state index in [1.165, 1.54) is 25.0 Å². The summed E-state index contributed by atoms with van der Waals surface area (Å²) in [5, 5.41) is 3.49.